The zero-order valence-electron chi connectivity index (χ0n) is 4.28. The maximum absolute atomic E-state index is 3.57. The van der Waals surface area contributed by atoms with E-state index in [2.05, 4.69) is 5.32 Å². The number of hydrogen-bond acceptors (Lipinski definition) is 1. The molecule has 1 spiro atoms. The molecule has 0 aromatic heterocycles. The number of hydrogen-bond donors (Lipinski definition) is 1. The lowest BCUT2D eigenvalue weighted by atomic mass is 10.1. The summed E-state index contributed by atoms with van der Waals surface area (Å²) < 4.78 is 0. The third-order valence-electron chi connectivity index (χ3n) is 2.76. The number of rotatable bonds is 0. The van der Waals surface area contributed by atoms with Crippen LogP contribution >= 0.6 is 0 Å². The molecule has 1 heteroatoms. The van der Waals surface area contributed by atoms with E-state index in [9.17, 15) is 0 Å². The molecule has 7 heavy (non-hydrogen) atoms. The van der Waals surface area contributed by atoms with Gasteiger partial charge in [0.25, 0.3) is 0 Å². The number of nitrogens with one attached hydrogen (secondary N) is 1. The molecular formula is C6H9N. The van der Waals surface area contributed by atoms with E-state index < -0.39 is 0 Å². The fourth-order valence-corrected chi connectivity index (χ4v) is 2.00. The van der Waals surface area contributed by atoms with Crippen molar-refractivity contribution in [2.24, 2.45) is 5.92 Å². The normalized spacial score (nSPS) is 58.3. The van der Waals surface area contributed by atoms with E-state index in [-0.39, 0.29) is 0 Å². The third-order valence-corrected chi connectivity index (χ3v) is 2.76. The lowest BCUT2D eigenvalue weighted by Gasteiger charge is -2.25. The van der Waals surface area contributed by atoms with Gasteiger partial charge in [0, 0.05) is 11.6 Å². The highest BCUT2D eigenvalue weighted by Crippen LogP contribution is 2.62. The van der Waals surface area contributed by atoms with Crippen LogP contribution in [0, 0.1) is 5.92 Å². The van der Waals surface area contributed by atoms with E-state index in [1.54, 1.807) is 0 Å². The molecule has 0 amide bonds. The second kappa shape index (κ2) is 0.576. The van der Waals surface area contributed by atoms with E-state index >= 15 is 0 Å². The summed E-state index contributed by atoms with van der Waals surface area (Å²) in [6, 6.07) is 0.988. The first-order valence-electron chi connectivity index (χ1n) is 3.18. The lowest BCUT2D eigenvalue weighted by Crippen LogP contribution is -2.47. The largest absolute Gasteiger partial charge is 0.308 e. The van der Waals surface area contributed by atoms with Gasteiger partial charge in [-0.05, 0) is 25.2 Å². The fourth-order valence-electron chi connectivity index (χ4n) is 2.00. The SMILES string of the molecule is C1C2NC3(CC3)C12. The summed E-state index contributed by atoms with van der Waals surface area (Å²) in [6.45, 7) is 0. The Morgan fingerprint density at radius 3 is 2.43 bits per heavy atom. The van der Waals surface area contributed by atoms with E-state index in [0.29, 0.717) is 0 Å². The van der Waals surface area contributed by atoms with Crippen molar-refractivity contribution in [3.05, 3.63) is 0 Å². The summed E-state index contributed by atoms with van der Waals surface area (Å²) in [4.78, 5) is 0. The van der Waals surface area contributed by atoms with Crippen LogP contribution in [-0.2, 0) is 0 Å². The van der Waals surface area contributed by atoms with Gasteiger partial charge in [0.15, 0.2) is 0 Å². The van der Waals surface area contributed by atoms with Gasteiger partial charge in [-0.15, -0.1) is 0 Å². The molecular weight excluding hydrogens is 86.1 g/mol. The van der Waals surface area contributed by atoms with Gasteiger partial charge in [0.1, 0.15) is 0 Å². The van der Waals surface area contributed by atoms with E-state index in [4.69, 9.17) is 0 Å². The van der Waals surface area contributed by atoms with Crippen LogP contribution in [-0.4, -0.2) is 11.6 Å². The maximum atomic E-state index is 3.57. The van der Waals surface area contributed by atoms with Crippen LogP contribution in [0.5, 0.6) is 0 Å². The minimum absolute atomic E-state index is 0.755. The Balaban J connectivity index is 2.02. The highest BCUT2D eigenvalue weighted by Gasteiger charge is 2.69. The summed E-state index contributed by atoms with van der Waals surface area (Å²) in [7, 11) is 0. The van der Waals surface area contributed by atoms with Crippen molar-refractivity contribution in [3.63, 3.8) is 0 Å². The first-order chi connectivity index (χ1) is 3.41. The van der Waals surface area contributed by atoms with Crippen LogP contribution < -0.4 is 5.32 Å². The topological polar surface area (TPSA) is 12.0 Å². The Morgan fingerprint density at radius 1 is 1.43 bits per heavy atom. The second-order valence-electron chi connectivity index (χ2n) is 3.25. The van der Waals surface area contributed by atoms with Gasteiger partial charge in [-0.2, -0.15) is 0 Å². The predicted octanol–water partition coefficient (Wildman–Crippen LogP) is 0.511. The first-order valence-corrected chi connectivity index (χ1v) is 3.18. The van der Waals surface area contributed by atoms with Gasteiger partial charge in [-0.3, -0.25) is 0 Å². The highest BCUT2D eigenvalue weighted by atomic mass is 15.2. The Labute approximate surface area is 43.1 Å². The maximum Gasteiger partial charge on any atom is 0.0229 e. The molecule has 3 aliphatic rings. The van der Waals surface area contributed by atoms with Crippen LogP contribution in [0.15, 0.2) is 0 Å². The van der Waals surface area contributed by atoms with Crippen molar-refractivity contribution in [1.29, 1.82) is 0 Å². The predicted molar refractivity (Wildman–Crippen MR) is 27.0 cm³/mol. The molecule has 2 atom stereocenters. The minimum Gasteiger partial charge on any atom is -0.308 e. The van der Waals surface area contributed by atoms with Gasteiger partial charge in [0.2, 0.25) is 0 Å². The molecule has 0 aromatic carbocycles. The molecule has 1 saturated heterocycles. The summed E-state index contributed by atoms with van der Waals surface area (Å²) >= 11 is 0. The monoisotopic (exact) mass is 95.1 g/mol. The van der Waals surface area contributed by atoms with E-state index in [1.807, 2.05) is 0 Å². The smallest absolute Gasteiger partial charge is 0.0229 e. The zero-order chi connectivity index (χ0) is 4.48. The second-order valence-corrected chi connectivity index (χ2v) is 3.25. The van der Waals surface area contributed by atoms with E-state index in [1.165, 1.54) is 19.3 Å². The Kier molecular flexibility index (Phi) is 0.253. The summed E-state index contributed by atoms with van der Waals surface area (Å²) in [5.41, 5.74) is 0.755. The van der Waals surface area contributed by atoms with Gasteiger partial charge in [-0.1, -0.05) is 0 Å². The molecule has 1 nitrogen and oxygen atoms in total. The van der Waals surface area contributed by atoms with Gasteiger partial charge in [-0.25, -0.2) is 0 Å². The molecule has 2 unspecified atom stereocenters. The molecule has 1 N–H and O–H groups in total. The van der Waals surface area contributed by atoms with Crippen molar-refractivity contribution < 1.29 is 0 Å². The van der Waals surface area contributed by atoms with Crippen LogP contribution in [0.3, 0.4) is 0 Å². The Morgan fingerprint density at radius 2 is 2.29 bits per heavy atom. The quantitative estimate of drug-likeness (QED) is 0.462. The molecule has 0 bridgehead atoms. The minimum atomic E-state index is 0.755. The highest BCUT2D eigenvalue weighted by molar-refractivity contribution is 5.28. The van der Waals surface area contributed by atoms with Crippen molar-refractivity contribution in [2.45, 2.75) is 30.8 Å². The van der Waals surface area contributed by atoms with Crippen LogP contribution in [0.2, 0.25) is 0 Å². The van der Waals surface area contributed by atoms with Gasteiger partial charge in [0.05, 0.1) is 0 Å². The lowest BCUT2D eigenvalue weighted by molar-refractivity contribution is 0.331. The molecule has 2 saturated carbocycles. The first kappa shape index (κ1) is 3.08. The van der Waals surface area contributed by atoms with Crippen molar-refractivity contribution in [2.75, 3.05) is 0 Å². The molecule has 0 radical (unpaired) electrons. The molecule has 3 fully saturated rings. The van der Waals surface area contributed by atoms with Crippen molar-refractivity contribution in [3.8, 4) is 0 Å². The average molecular weight is 95.1 g/mol. The molecule has 3 rings (SSSR count). The number of fused-ring (bicyclic) bond motifs is 2. The molecule has 1 aliphatic heterocycles. The fraction of sp³-hybridized carbons (Fsp3) is 1.00. The molecule has 38 valence electrons. The van der Waals surface area contributed by atoms with Crippen LogP contribution in [0.1, 0.15) is 19.3 Å². The van der Waals surface area contributed by atoms with Gasteiger partial charge < -0.3 is 5.32 Å². The summed E-state index contributed by atoms with van der Waals surface area (Å²) in [6.07, 6.45) is 4.46. The summed E-state index contributed by atoms with van der Waals surface area (Å²) in [5.74, 6) is 1.15. The molecule has 1 heterocycles. The zero-order valence-corrected chi connectivity index (χ0v) is 4.28. The van der Waals surface area contributed by atoms with Crippen LogP contribution in [0.25, 0.3) is 0 Å². The third kappa shape index (κ3) is 0.194. The van der Waals surface area contributed by atoms with Crippen molar-refractivity contribution in [1.82, 2.24) is 5.32 Å². The molecule has 0 aromatic rings. The summed E-state index contributed by atoms with van der Waals surface area (Å²) in [5, 5.41) is 3.57. The molecule has 2 aliphatic carbocycles. The van der Waals surface area contributed by atoms with Crippen LogP contribution in [0.4, 0.5) is 0 Å². The van der Waals surface area contributed by atoms with Gasteiger partial charge >= 0.3 is 0 Å². The standard InChI is InChI=1S/C6H9N/c1-2-6(1)4-3-5(4)7-6/h4-5,7H,1-3H2. The Bertz CT molecular complexity index is 126. The average Bonchev–Trinajstić information content (AvgIpc) is 2.27. The van der Waals surface area contributed by atoms with Crippen molar-refractivity contribution >= 4 is 0 Å². The Hall–Kier alpha value is -0.0400. The van der Waals surface area contributed by atoms with E-state index in [0.717, 1.165) is 17.5 Å².